The highest BCUT2D eigenvalue weighted by molar-refractivity contribution is 5.66. The Kier molecular flexibility index (Phi) is 4.02. The van der Waals surface area contributed by atoms with Crippen molar-refractivity contribution in [2.24, 2.45) is 17.9 Å². The summed E-state index contributed by atoms with van der Waals surface area (Å²) in [5.74, 6) is 1.34. The van der Waals surface area contributed by atoms with E-state index in [-0.39, 0.29) is 0 Å². The quantitative estimate of drug-likeness (QED) is 0.880. The summed E-state index contributed by atoms with van der Waals surface area (Å²) in [5.41, 5.74) is 8.86. The summed E-state index contributed by atoms with van der Waals surface area (Å²) in [6.07, 6.45) is 3.63. The van der Waals surface area contributed by atoms with E-state index in [4.69, 9.17) is 5.73 Å². The van der Waals surface area contributed by atoms with Crippen LogP contribution in [0.5, 0.6) is 0 Å². The van der Waals surface area contributed by atoms with Gasteiger partial charge in [-0.05, 0) is 36.0 Å². The van der Waals surface area contributed by atoms with Gasteiger partial charge < -0.3 is 11.1 Å². The summed E-state index contributed by atoms with van der Waals surface area (Å²) >= 11 is 0. The lowest BCUT2D eigenvalue weighted by Gasteiger charge is -2.45. The fraction of sp³-hybridized carbons (Fsp3) is 0.824. The van der Waals surface area contributed by atoms with Crippen molar-refractivity contribution in [2.45, 2.75) is 72.8 Å². The highest BCUT2D eigenvalue weighted by Gasteiger charge is 2.38. The van der Waals surface area contributed by atoms with Crippen molar-refractivity contribution in [2.75, 3.05) is 11.1 Å². The zero-order valence-electron chi connectivity index (χ0n) is 14.7. The van der Waals surface area contributed by atoms with Gasteiger partial charge in [-0.25, -0.2) is 0 Å². The van der Waals surface area contributed by atoms with Crippen molar-refractivity contribution < 1.29 is 0 Å². The maximum atomic E-state index is 6.31. The number of nitrogen functional groups attached to an aromatic ring is 1. The van der Waals surface area contributed by atoms with Gasteiger partial charge in [-0.3, -0.25) is 4.68 Å². The maximum absolute atomic E-state index is 6.31. The molecule has 1 aromatic rings. The van der Waals surface area contributed by atoms with E-state index in [0.29, 0.717) is 22.8 Å². The molecule has 0 bridgehead atoms. The van der Waals surface area contributed by atoms with Gasteiger partial charge in [0.1, 0.15) is 5.82 Å². The monoisotopic (exact) mass is 292 g/mol. The number of hydrogen-bond donors (Lipinski definition) is 2. The predicted octanol–water partition coefficient (Wildman–Crippen LogP) is 4.14. The summed E-state index contributed by atoms with van der Waals surface area (Å²) in [5, 5.41) is 8.26. The van der Waals surface area contributed by atoms with E-state index in [1.165, 1.54) is 19.3 Å². The predicted molar refractivity (Wildman–Crippen MR) is 90.5 cm³/mol. The van der Waals surface area contributed by atoms with Crippen LogP contribution in [0.4, 0.5) is 11.5 Å². The first-order valence-corrected chi connectivity index (χ1v) is 8.10. The van der Waals surface area contributed by atoms with Crippen LogP contribution >= 0.6 is 0 Å². The largest absolute Gasteiger partial charge is 0.394 e. The van der Waals surface area contributed by atoms with E-state index in [9.17, 15) is 0 Å². The van der Waals surface area contributed by atoms with Gasteiger partial charge in [0.15, 0.2) is 0 Å². The molecular formula is C17H32N4. The van der Waals surface area contributed by atoms with Crippen molar-refractivity contribution >= 4 is 11.5 Å². The van der Waals surface area contributed by atoms with E-state index < -0.39 is 0 Å². The highest BCUT2D eigenvalue weighted by Crippen LogP contribution is 2.46. The second kappa shape index (κ2) is 5.22. The van der Waals surface area contributed by atoms with Gasteiger partial charge in [0.2, 0.25) is 0 Å². The fourth-order valence-electron chi connectivity index (χ4n) is 4.30. The molecule has 4 heteroatoms. The molecule has 0 spiro atoms. The van der Waals surface area contributed by atoms with Gasteiger partial charge in [-0.1, -0.05) is 41.5 Å². The van der Waals surface area contributed by atoms with Crippen molar-refractivity contribution in [3.63, 3.8) is 0 Å². The Balaban J connectivity index is 2.22. The molecule has 1 aromatic heterocycles. The van der Waals surface area contributed by atoms with Crippen molar-refractivity contribution in [3.05, 3.63) is 5.69 Å². The molecule has 0 radical (unpaired) electrons. The van der Waals surface area contributed by atoms with Crippen LogP contribution < -0.4 is 11.1 Å². The first-order valence-electron chi connectivity index (χ1n) is 8.10. The van der Waals surface area contributed by atoms with Crippen LogP contribution in [0.3, 0.4) is 0 Å². The van der Waals surface area contributed by atoms with Crippen molar-refractivity contribution in [1.29, 1.82) is 0 Å². The summed E-state index contributed by atoms with van der Waals surface area (Å²) in [7, 11) is 1.98. The van der Waals surface area contributed by atoms with Gasteiger partial charge in [0, 0.05) is 13.1 Å². The first-order chi connectivity index (χ1) is 9.51. The Hall–Kier alpha value is -1.19. The molecule has 0 atom stereocenters. The Bertz CT molecular complexity index is 495. The summed E-state index contributed by atoms with van der Waals surface area (Å²) < 4.78 is 1.90. The van der Waals surface area contributed by atoms with Crippen LogP contribution in [0.1, 0.15) is 72.4 Å². The molecule has 0 amide bonds. The Labute approximate surface area is 129 Å². The number of anilines is 2. The zero-order valence-corrected chi connectivity index (χ0v) is 14.7. The smallest absolute Gasteiger partial charge is 0.148 e. The van der Waals surface area contributed by atoms with E-state index in [0.717, 1.165) is 17.2 Å². The second-order valence-electron chi connectivity index (χ2n) is 8.68. The molecule has 0 aromatic carbocycles. The lowest BCUT2D eigenvalue weighted by molar-refractivity contribution is 0.105. The van der Waals surface area contributed by atoms with Gasteiger partial charge in [0.25, 0.3) is 0 Å². The summed E-state index contributed by atoms with van der Waals surface area (Å²) in [6.45, 7) is 13.7. The minimum atomic E-state index is 0.353. The van der Waals surface area contributed by atoms with E-state index in [1.54, 1.807) is 0 Å². The zero-order chi connectivity index (χ0) is 16.0. The number of aromatic nitrogens is 2. The molecule has 0 saturated heterocycles. The average molecular weight is 292 g/mol. The van der Waals surface area contributed by atoms with E-state index in [2.05, 4.69) is 52.0 Å². The molecule has 1 saturated carbocycles. The van der Waals surface area contributed by atoms with Gasteiger partial charge in [-0.2, -0.15) is 5.10 Å². The number of aryl methyl sites for hydroxylation is 1. The van der Waals surface area contributed by atoms with E-state index >= 15 is 0 Å². The molecule has 120 valence electrons. The molecule has 1 aliphatic rings. The fourth-order valence-corrected chi connectivity index (χ4v) is 4.30. The Morgan fingerprint density at radius 3 is 2.14 bits per heavy atom. The highest BCUT2D eigenvalue weighted by atomic mass is 15.3. The molecule has 4 nitrogen and oxygen atoms in total. The molecule has 2 rings (SSSR count). The maximum Gasteiger partial charge on any atom is 0.148 e. The van der Waals surface area contributed by atoms with Crippen LogP contribution in [0.15, 0.2) is 0 Å². The third kappa shape index (κ3) is 3.53. The number of nitrogens with zero attached hydrogens (tertiary/aromatic N) is 2. The summed E-state index contributed by atoms with van der Waals surface area (Å²) in [6, 6.07) is 0.460. The number of hydrogen-bond acceptors (Lipinski definition) is 3. The first kappa shape index (κ1) is 16.2. The SMILES string of the molecule is CC(C)c1nn(C)c(NC2CC(C)(C)CC(C)(C)C2)c1N. The second-order valence-corrected chi connectivity index (χ2v) is 8.68. The van der Waals surface area contributed by atoms with Crippen molar-refractivity contribution in [1.82, 2.24) is 9.78 Å². The van der Waals surface area contributed by atoms with Crippen LogP contribution in [0.25, 0.3) is 0 Å². The molecule has 0 aliphatic heterocycles. The van der Waals surface area contributed by atoms with Gasteiger partial charge in [0.05, 0.1) is 11.4 Å². The van der Waals surface area contributed by atoms with Crippen LogP contribution in [-0.2, 0) is 7.05 Å². The lowest BCUT2D eigenvalue weighted by Crippen LogP contribution is -2.40. The van der Waals surface area contributed by atoms with E-state index in [1.807, 2.05) is 11.7 Å². The standard InChI is InChI=1S/C17H32N4/c1-11(2)14-13(18)15(21(7)20-14)19-12-8-16(3,4)10-17(5,6)9-12/h11-12,19H,8-10,18H2,1-7H3. The molecule has 3 N–H and O–H groups in total. The molecule has 1 aliphatic carbocycles. The number of nitrogens with one attached hydrogen (secondary N) is 1. The number of nitrogens with two attached hydrogens (primary N) is 1. The molecule has 21 heavy (non-hydrogen) atoms. The molecule has 1 fully saturated rings. The average Bonchev–Trinajstić information content (AvgIpc) is 2.52. The van der Waals surface area contributed by atoms with Crippen LogP contribution in [0.2, 0.25) is 0 Å². The Morgan fingerprint density at radius 2 is 1.71 bits per heavy atom. The minimum Gasteiger partial charge on any atom is -0.394 e. The van der Waals surface area contributed by atoms with Gasteiger partial charge >= 0.3 is 0 Å². The van der Waals surface area contributed by atoms with Crippen molar-refractivity contribution in [3.8, 4) is 0 Å². The third-order valence-electron chi connectivity index (χ3n) is 4.56. The third-order valence-corrected chi connectivity index (χ3v) is 4.56. The molecule has 1 heterocycles. The molecule has 0 unspecified atom stereocenters. The molecular weight excluding hydrogens is 260 g/mol. The summed E-state index contributed by atoms with van der Waals surface area (Å²) in [4.78, 5) is 0. The lowest BCUT2D eigenvalue weighted by atomic mass is 9.63. The van der Waals surface area contributed by atoms with Crippen LogP contribution in [0, 0.1) is 10.8 Å². The topological polar surface area (TPSA) is 55.9 Å². The van der Waals surface area contributed by atoms with Gasteiger partial charge in [-0.15, -0.1) is 0 Å². The number of rotatable bonds is 3. The Morgan fingerprint density at radius 1 is 1.19 bits per heavy atom. The normalized spacial score (nSPS) is 21.7. The van der Waals surface area contributed by atoms with Crippen LogP contribution in [-0.4, -0.2) is 15.8 Å². The minimum absolute atomic E-state index is 0.353.